The Kier molecular flexibility index (Phi) is 30.9. The fourth-order valence-electron chi connectivity index (χ4n) is 3.71. The molecule has 0 saturated heterocycles. The molecule has 302 valence electrons. The van der Waals surface area contributed by atoms with Crippen molar-refractivity contribution < 1.29 is 94.2 Å². The first-order valence-corrected chi connectivity index (χ1v) is 16.3. The summed E-state index contributed by atoms with van der Waals surface area (Å²) >= 11 is 0. The van der Waals surface area contributed by atoms with Gasteiger partial charge in [-0.2, -0.15) is 0 Å². The zero-order chi connectivity index (χ0) is 41.6. The van der Waals surface area contributed by atoms with Crippen LogP contribution in [-0.4, -0.2) is 54.3 Å². The van der Waals surface area contributed by atoms with Crippen LogP contribution in [0.2, 0.25) is 0 Å². The molecule has 2 radical (unpaired) electrons. The predicted octanol–water partition coefficient (Wildman–Crippen LogP) is 0.328. The molecule has 2 aromatic heterocycles. The first-order valence-electron chi connectivity index (χ1n) is 16.3. The van der Waals surface area contributed by atoms with Crippen LogP contribution in [0.5, 0.6) is 0 Å². The number of carboxylic acids is 4. The summed E-state index contributed by atoms with van der Waals surface area (Å²) in [5.41, 5.74) is 3.24. The van der Waals surface area contributed by atoms with Crippen LogP contribution in [0.25, 0.3) is 0 Å². The number of rotatable bonds is 8. The molecule has 0 bridgehead atoms. The van der Waals surface area contributed by atoms with Gasteiger partial charge in [0.15, 0.2) is 0 Å². The van der Waals surface area contributed by atoms with Crippen LogP contribution < -0.4 is 20.4 Å². The average molecular weight is 873 g/mol. The summed E-state index contributed by atoms with van der Waals surface area (Å²) in [5.74, 6) is -4.52. The predicted molar refractivity (Wildman–Crippen MR) is 195 cm³/mol. The number of carbonyl (C=O) groups excluding carboxylic acids is 4. The molecule has 4 aromatic carbocycles. The van der Waals surface area contributed by atoms with Crippen LogP contribution in [0.1, 0.15) is 64.2 Å². The van der Waals surface area contributed by atoms with Gasteiger partial charge in [-0.3, -0.25) is 9.97 Å². The van der Waals surface area contributed by atoms with E-state index in [4.69, 9.17) is 20.4 Å². The summed E-state index contributed by atoms with van der Waals surface area (Å²) in [6.45, 7) is -0.302. The molecule has 14 nitrogen and oxygen atoms in total. The van der Waals surface area contributed by atoms with E-state index in [-0.39, 0.29) is 82.8 Å². The zero-order valence-electron chi connectivity index (χ0n) is 30.5. The van der Waals surface area contributed by atoms with Gasteiger partial charge in [0.1, 0.15) is 0 Å². The van der Waals surface area contributed by atoms with E-state index in [9.17, 15) is 39.6 Å². The van der Waals surface area contributed by atoms with E-state index < -0.39 is 23.9 Å². The normalized spacial score (nSPS) is 8.90. The topological polar surface area (TPSA) is 267 Å². The van der Waals surface area contributed by atoms with E-state index in [2.05, 4.69) is 9.97 Å². The third-order valence-corrected chi connectivity index (χ3v) is 6.41. The fourth-order valence-corrected chi connectivity index (χ4v) is 3.71. The molecule has 0 aliphatic carbocycles. The zero-order valence-corrected chi connectivity index (χ0v) is 32.9. The van der Waals surface area contributed by atoms with Gasteiger partial charge in [0.05, 0.1) is 73.1 Å². The second-order valence-electron chi connectivity index (χ2n) is 10.5. The maximum Gasteiger partial charge on any atom is 2.00 e. The number of hydrogen-bond acceptors (Lipinski definition) is 14. The van der Waals surface area contributed by atoms with Crippen molar-refractivity contribution >= 4 is 23.9 Å². The Morgan fingerprint density at radius 1 is 0.328 bits per heavy atom. The van der Waals surface area contributed by atoms with Gasteiger partial charge in [0.2, 0.25) is 0 Å². The Morgan fingerprint density at radius 2 is 0.500 bits per heavy atom. The van der Waals surface area contributed by atoms with Crippen molar-refractivity contribution in [3.8, 4) is 0 Å². The quantitative estimate of drug-likeness (QED) is 0.150. The summed E-state index contributed by atoms with van der Waals surface area (Å²) in [5, 5.41) is 74.8. The molecule has 4 N–H and O–H groups in total. The standard InChI is InChI=1S/2C7H9NO2.4C7H6O2.2Mn/c2*9-4-6-2-1-3-7(5-10)8-6;4*8-7(9)6-4-2-1-3-5-6;;/h2*1-3,9-10H,4-5H2;4*1-5H,(H,8,9);;/q;;;;;;2*+2/p-4. The number of pyridine rings is 2. The molecule has 6 rings (SSSR count). The van der Waals surface area contributed by atoms with Crippen LogP contribution in [0.3, 0.4) is 0 Å². The molecule has 0 unspecified atom stereocenters. The summed E-state index contributed by atoms with van der Waals surface area (Å²) in [6.07, 6.45) is 0. The Balaban J connectivity index is 0. The van der Waals surface area contributed by atoms with E-state index in [0.717, 1.165) is 0 Å². The molecule has 0 aliphatic heterocycles. The molecule has 58 heavy (non-hydrogen) atoms. The third kappa shape index (κ3) is 24.5. The molecular formula is C42H38Mn2N2O12. The van der Waals surface area contributed by atoms with Gasteiger partial charge in [-0.05, 0) is 46.5 Å². The van der Waals surface area contributed by atoms with Crippen LogP contribution >= 0.6 is 0 Å². The van der Waals surface area contributed by atoms with E-state index >= 15 is 0 Å². The average Bonchev–Trinajstić information content (AvgIpc) is 3.26. The minimum Gasteiger partial charge on any atom is -0.545 e. The van der Waals surface area contributed by atoms with Crippen molar-refractivity contribution in [2.24, 2.45) is 0 Å². The van der Waals surface area contributed by atoms with E-state index in [0.29, 0.717) is 22.8 Å². The number of aliphatic hydroxyl groups is 4. The maximum atomic E-state index is 10.1. The molecule has 0 spiro atoms. The maximum absolute atomic E-state index is 10.1. The summed E-state index contributed by atoms with van der Waals surface area (Å²) in [4.78, 5) is 48.2. The van der Waals surface area contributed by atoms with Gasteiger partial charge in [0, 0.05) is 0 Å². The monoisotopic (exact) mass is 872 g/mol. The SMILES string of the molecule is O=C([O-])c1ccccc1.O=C([O-])c1ccccc1.O=C([O-])c1ccccc1.O=C([O-])c1ccccc1.OCc1cccc(CO)n1.OCc1cccc(CO)n1.[Mn+2].[Mn+2]. The number of aliphatic hydroxyl groups excluding tert-OH is 4. The molecular weight excluding hydrogens is 834 g/mol. The first-order chi connectivity index (χ1) is 26.9. The van der Waals surface area contributed by atoms with Crippen LogP contribution in [-0.2, 0) is 60.6 Å². The smallest absolute Gasteiger partial charge is 0.545 e. The first kappa shape index (κ1) is 54.0. The van der Waals surface area contributed by atoms with Crippen LogP contribution in [0.4, 0.5) is 0 Å². The van der Waals surface area contributed by atoms with Crippen LogP contribution in [0, 0.1) is 0 Å². The molecule has 0 atom stereocenters. The Labute approximate surface area is 355 Å². The number of benzene rings is 4. The molecule has 0 amide bonds. The molecule has 6 aromatic rings. The summed E-state index contributed by atoms with van der Waals surface area (Å²) in [7, 11) is 0. The second kappa shape index (κ2) is 33.1. The van der Waals surface area contributed by atoms with Crippen molar-refractivity contribution in [1.82, 2.24) is 9.97 Å². The minimum absolute atomic E-state index is 0. The molecule has 0 saturated carbocycles. The third-order valence-electron chi connectivity index (χ3n) is 6.41. The number of carboxylic acid groups (broad SMARTS) is 4. The molecule has 0 fully saturated rings. The van der Waals surface area contributed by atoms with E-state index in [1.54, 1.807) is 109 Å². The second-order valence-corrected chi connectivity index (χ2v) is 10.5. The summed E-state index contributed by atoms with van der Waals surface area (Å²) in [6, 6.07) is 42.6. The van der Waals surface area contributed by atoms with Crippen molar-refractivity contribution in [3.05, 3.63) is 203 Å². The number of nitrogens with zero attached hydrogens (tertiary/aromatic N) is 2. The largest absolute Gasteiger partial charge is 2.00 e. The van der Waals surface area contributed by atoms with Gasteiger partial charge in [-0.1, -0.05) is 133 Å². The Bertz CT molecular complexity index is 1730. The van der Waals surface area contributed by atoms with E-state index in [1.165, 1.54) is 48.5 Å². The van der Waals surface area contributed by atoms with Crippen molar-refractivity contribution in [2.75, 3.05) is 0 Å². The summed E-state index contributed by atoms with van der Waals surface area (Å²) < 4.78 is 0. The number of aromatic carboxylic acids is 4. The van der Waals surface area contributed by atoms with Crippen molar-refractivity contribution in [3.63, 3.8) is 0 Å². The van der Waals surface area contributed by atoms with Gasteiger partial charge in [0.25, 0.3) is 0 Å². The minimum atomic E-state index is -1.13. The molecule has 2 heterocycles. The van der Waals surface area contributed by atoms with Crippen molar-refractivity contribution in [1.29, 1.82) is 0 Å². The van der Waals surface area contributed by atoms with Crippen LogP contribution in [0.15, 0.2) is 158 Å². The van der Waals surface area contributed by atoms with Gasteiger partial charge in [-0.25, -0.2) is 0 Å². The van der Waals surface area contributed by atoms with Crippen molar-refractivity contribution in [2.45, 2.75) is 26.4 Å². The number of aromatic nitrogens is 2. The molecule has 16 heteroatoms. The molecule has 0 aliphatic rings. The van der Waals surface area contributed by atoms with Gasteiger partial charge >= 0.3 is 34.1 Å². The Hall–Kier alpha value is -6.06. The number of hydrogen-bond donors (Lipinski definition) is 4. The van der Waals surface area contributed by atoms with Gasteiger partial charge < -0.3 is 60.0 Å². The number of carbonyl (C=O) groups is 4. The van der Waals surface area contributed by atoms with Gasteiger partial charge in [-0.15, -0.1) is 0 Å². The fraction of sp³-hybridized carbons (Fsp3) is 0.0952. The van der Waals surface area contributed by atoms with E-state index in [1.807, 2.05) is 0 Å². The Morgan fingerprint density at radius 3 is 0.621 bits per heavy atom.